The molecule has 1 aromatic carbocycles. The number of hydrogen-bond donors (Lipinski definition) is 1. The molecular formula is C17H23N3O2. The van der Waals surface area contributed by atoms with E-state index in [-0.39, 0.29) is 17.7 Å². The number of para-hydroxylation sites is 1. The maximum absolute atomic E-state index is 12.2. The van der Waals surface area contributed by atoms with E-state index in [1.807, 2.05) is 42.3 Å². The number of carbonyl (C=O) groups is 2. The Labute approximate surface area is 131 Å². The topological polar surface area (TPSA) is 52.7 Å². The zero-order chi connectivity index (χ0) is 15.5. The summed E-state index contributed by atoms with van der Waals surface area (Å²) in [6.07, 6.45) is 2.57. The molecule has 118 valence electrons. The average molecular weight is 301 g/mol. The third-order valence-electron chi connectivity index (χ3n) is 4.46. The molecule has 1 saturated heterocycles. The second-order valence-corrected chi connectivity index (χ2v) is 6.23. The highest BCUT2D eigenvalue weighted by atomic mass is 16.2. The molecule has 22 heavy (non-hydrogen) atoms. The summed E-state index contributed by atoms with van der Waals surface area (Å²) in [4.78, 5) is 28.1. The number of hydrogen-bond acceptors (Lipinski definition) is 3. The first-order valence-electron chi connectivity index (χ1n) is 7.98. The molecule has 2 fully saturated rings. The third kappa shape index (κ3) is 3.40. The normalized spacial score (nSPS) is 21.0. The van der Waals surface area contributed by atoms with Gasteiger partial charge in [-0.05, 0) is 25.0 Å². The van der Waals surface area contributed by atoms with Crippen LogP contribution in [0.15, 0.2) is 30.3 Å². The van der Waals surface area contributed by atoms with Crippen molar-refractivity contribution in [2.75, 3.05) is 31.6 Å². The van der Waals surface area contributed by atoms with Crippen LogP contribution >= 0.6 is 0 Å². The van der Waals surface area contributed by atoms with Gasteiger partial charge >= 0.3 is 0 Å². The summed E-state index contributed by atoms with van der Waals surface area (Å²) in [7, 11) is 2.01. The molecule has 1 aliphatic heterocycles. The first-order valence-corrected chi connectivity index (χ1v) is 7.98. The van der Waals surface area contributed by atoms with Gasteiger partial charge in [0.1, 0.15) is 0 Å². The highest BCUT2D eigenvalue weighted by molar-refractivity contribution is 5.89. The molecule has 0 bridgehead atoms. The molecule has 3 rings (SSSR count). The van der Waals surface area contributed by atoms with Crippen molar-refractivity contribution in [3.8, 4) is 0 Å². The van der Waals surface area contributed by atoms with Gasteiger partial charge in [0.15, 0.2) is 0 Å². The Morgan fingerprint density at radius 2 is 2.05 bits per heavy atom. The van der Waals surface area contributed by atoms with E-state index in [9.17, 15) is 9.59 Å². The fourth-order valence-corrected chi connectivity index (χ4v) is 2.95. The van der Waals surface area contributed by atoms with Crippen LogP contribution in [0.5, 0.6) is 0 Å². The van der Waals surface area contributed by atoms with E-state index in [1.54, 1.807) is 0 Å². The fraction of sp³-hybridized carbons (Fsp3) is 0.529. The molecule has 5 nitrogen and oxygen atoms in total. The number of likely N-dealkylation sites (N-methyl/N-ethyl adjacent to an activating group) is 1. The lowest BCUT2D eigenvalue weighted by molar-refractivity contribution is -0.129. The number of nitrogens with zero attached hydrogens (tertiary/aromatic N) is 2. The maximum atomic E-state index is 12.2. The Morgan fingerprint density at radius 3 is 2.73 bits per heavy atom. The molecule has 1 aliphatic carbocycles. The molecule has 1 N–H and O–H groups in total. The van der Waals surface area contributed by atoms with Crippen molar-refractivity contribution in [2.45, 2.75) is 25.3 Å². The largest absolute Gasteiger partial charge is 0.373 e. The van der Waals surface area contributed by atoms with Gasteiger partial charge in [0.25, 0.3) is 0 Å². The molecule has 1 saturated carbocycles. The summed E-state index contributed by atoms with van der Waals surface area (Å²) in [5, 5.41) is 2.97. The molecule has 2 aliphatic rings. The standard InChI is InChI=1S/C17H23N3O2/c1-19(14-5-3-2-4-6-14)10-9-18-17(22)13-11-16(21)20(12-13)15-7-8-15/h2-6,13,15H,7-12H2,1H3,(H,18,22). The summed E-state index contributed by atoms with van der Waals surface area (Å²) < 4.78 is 0. The van der Waals surface area contributed by atoms with Crippen molar-refractivity contribution in [1.29, 1.82) is 0 Å². The van der Waals surface area contributed by atoms with E-state index in [0.717, 1.165) is 25.1 Å². The zero-order valence-corrected chi connectivity index (χ0v) is 13.0. The Morgan fingerprint density at radius 1 is 1.32 bits per heavy atom. The van der Waals surface area contributed by atoms with Crippen LogP contribution in [0.1, 0.15) is 19.3 Å². The second kappa shape index (κ2) is 6.38. The van der Waals surface area contributed by atoms with E-state index in [1.165, 1.54) is 0 Å². The molecule has 1 aromatic rings. The summed E-state index contributed by atoms with van der Waals surface area (Å²) in [6.45, 7) is 1.95. The first kappa shape index (κ1) is 14.9. The summed E-state index contributed by atoms with van der Waals surface area (Å²) in [6, 6.07) is 10.5. The van der Waals surface area contributed by atoms with Crippen LogP contribution in [0.3, 0.4) is 0 Å². The molecule has 0 radical (unpaired) electrons. The van der Waals surface area contributed by atoms with Crippen molar-refractivity contribution < 1.29 is 9.59 Å². The zero-order valence-electron chi connectivity index (χ0n) is 13.0. The molecule has 1 heterocycles. The summed E-state index contributed by atoms with van der Waals surface area (Å²) >= 11 is 0. The van der Waals surface area contributed by atoms with Gasteiger partial charge in [-0.1, -0.05) is 18.2 Å². The molecule has 1 atom stereocenters. The van der Waals surface area contributed by atoms with E-state index in [4.69, 9.17) is 0 Å². The number of rotatable bonds is 6. The molecule has 0 spiro atoms. The molecule has 1 unspecified atom stereocenters. The highest BCUT2D eigenvalue weighted by Gasteiger charge is 2.41. The van der Waals surface area contributed by atoms with Gasteiger partial charge in [-0.3, -0.25) is 9.59 Å². The van der Waals surface area contributed by atoms with Gasteiger partial charge in [-0.25, -0.2) is 0 Å². The Balaban J connectivity index is 1.42. The van der Waals surface area contributed by atoms with Crippen LogP contribution in [-0.2, 0) is 9.59 Å². The predicted molar refractivity (Wildman–Crippen MR) is 85.6 cm³/mol. The number of likely N-dealkylation sites (tertiary alicyclic amines) is 1. The van der Waals surface area contributed by atoms with Gasteiger partial charge in [0.2, 0.25) is 11.8 Å². The van der Waals surface area contributed by atoms with E-state index in [2.05, 4.69) is 10.2 Å². The van der Waals surface area contributed by atoms with Crippen LogP contribution in [0.2, 0.25) is 0 Å². The Bertz CT molecular complexity index is 542. The number of nitrogens with one attached hydrogen (secondary N) is 1. The van der Waals surface area contributed by atoms with Gasteiger partial charge in [0, 0.05) is 44.8 Å². The van der Waals surface area contributed by atoms with Gasteiger partial charge < -0.3 is 15.1 Å². The lowest BCUT2D eigenvalue weighted by Gasteiger charge is -2.20. The van der Waals surface area contributed by atoms with Gasteiger partial charge in [0.05, 0.1) is 5.92 Å². The van der Waals surface area contributed by atoms with Crippen molar-refractivity contribution in [1.82, 2.24) is 10.2 Å². The Kier molecular flexibility index (Phi) is 4.32. The molecule has 2 amide bonds. The number of anilines is 1. The molecular weight excluding hydrogens is 278 g/mol. The van der Waals surface area contributed by atoms with Gasteiger partial charge in [-0.15, -0.1) is 0 Å². The lowest BCUT2D eigenvalue weighted by atomic mass is 10.1. The van der Waals surface area contributed by atoms with E-state index >= 15 is 0 Å². The van der Waals surface area contributed by atoms with Gasteiger partial charge in [-0.2, -0.15) is 0 Å². The minimum atomic E-state index is -0.171. The van der Waals surface area contributed by atoms with Crippen molar-refractivity contribution in [3.63, 3.8) is 0 Å². The first-order chi connectivity index (χ1) is 10.6. The van der Waals surface area contributed by atoms with Crippen LogP contribution in [0.25, 0.3) is 0 Å². The van der Waals surface area contributed by atoms with Crippen molar-refractivity contribution in [2.24, 2.45) is 5.92 Å². The van der Waals surface area contributed by atoms with Crippen LogP contribution in [-0.4, -0.2) is 49.4 Å². The van der Waals surface area contributed by atoms with Crippen LogP contribution < -0.4 is 10.2 Å². The number of carbonyl (C=O) groups excluding carboxylic acids is 2. The predicted octanol–water partition coefficient (Wildman–Crippen LogP) is 1.25. The highest BCUT2D eigenvalue weighted by Crippen LogP contribution is 2.32. The van der Waals surface area contributed by atoms with Crippen molar-refractivity contribution >= 4 is 17.5 Å². The fourth-order valence-electron chi connectivity index (χ4n) is 2.95. The quantitative estimate of drug-likeness (QED) is 0.860. The second-order valence-electron chi connectivity index (χ2n) is 6.23. The SMILES string of the molecule is CN(CCNC(=O)C1CC(=O)N(C2CC2)C1)c1ccccc1. The third-order valence-corrected chi connectivity index (χ3v) is 4.46. The minimum Gasteiger partial charge on any atom is -0.373 e. The Hall–Kier alpha value is -2.04. The number of amides is 2. The van der Waals surface area contributed by atoms with E-state index < -0.39 is 0 Å². The molecule has 5 heteroatoms. The van der Waals surface area contributed by atoms with E-state index in [0.29, 0.717) is 25.6 Å². The molecule has 0 aromatic heterocycles. The lowest BCUT2D eigenvalue weighted by Crippen LogP contribution is -2.37. The minimum absolute atomic E-state index is 0.0120. The summed E-state index contributed by atoms with van der Waals surface area (Å²) in [5.41, 5.74) is 1.13. The number of benzene rings is 1. The van der Waals surface area contributed by atoms with Crippen LogP contribution in [0, 0.1) is 5.92 Å². The smallest absolute Gasteiger partial charge is 0.225 e. The summed E-state index contributed by atoms with van der Waals surface area (Å²) in [5.74, 6) is -0.0165. The van der Waals surface area contributed by atoms with Crippen LogP contribution in [0.4, 0.5) is 5.69 Å². The monoisotopic (exact) mass is 301 g/mol. The average Bonchev–Trinajstić information content (AvgIpc) is 3.30. The van der Waals surface area contributed by atoms with Crippen molar-refractivity contribution in [3.05, 3.63) is 30.3 Å². The maximum Gasteiger partial charge on any atom is 0.225 e.